The molecule has 0 bridgehead atoms. The predicted octanol–water partition coefficient (Wildman–Crippen LogP) is 4.54. The van der Waals surface area contributed by atoms with E-state index in [2.05, 4.69) is 4.98 Å². The van der Waals surface area contributed by atoms with Gasteiger partial charge >= 0.3 is 5.97 Å². The third kappa shape index (κ3) is 3.23. The first kappa shape index (κ1) is 20.8. The minimum atomic E-state index is -1.36. The van der Waals surface area contributed by atoms with E-state index in [1.54, 1.807) is 31.2 Å². The molecule has 7 nitrogen and oxygen atoms in total. The van der Waals surface area contributed by atoms with Crippen molar-refractivity contribution in [3.63, 3.8) is 0 Å². The molecule has 0 saturated carbocycles. The number of carbonyl (C=O) groups is 2. The molecular formula is C21H13Cl2FN4O3. The normalized spacial score (nSPS) is 17.5. The fraction of sp³-hybridized carbons (Fsp3) is 0.143. The molecule has 0 saturated heterocycles. The minimum Gasteiger partial charge on any atom is -0.477 e. The van der Waals surface area contributed by atoms with E-state index in [0.29, 0.717) is 11.1 Å². The van der Waals surface area contributed by atoms with E-state index in [0.717, 1.165) is 6.20 Å². The van der Waals surface area contributed by atoms with Crippen LogP contribution in [0.4, 0.5) is 16.0 Å². The highest BCUT2D eigenvalue weighted by Gasteiger charge is 2.51. The topological polar surface area (TPSA) is 99.2 Å². The van der Waals surface area contributed by atoms with Crippen LogP contribution >= 0.6 is 23.2 Å². The first-order valence-corrected chi connectivity index (χ1v) is 9.72. The van der Waals surface area contributed by atoms with Gasteiger partial charge in [-0.25, -0.2) is 19.1 Å². The lowest BCUT2D eigenvalue weighted by atomic mass is 9.91. The molecule has 1 N–H and O–H groups in total. The Labute approximate surface area is 185 Å². The van der Waals surface area contributed by atoms with E-state index in [9.17, 15) is 19.1 Å². The van der Waals surface area contributed by atoms with Gasteiger partial charge in [0.2, 0.25) is 5.95 Å². The molecule has 31 heavy (non-hydrogen) atoms. The maximum absolute atomic E-state index is 13.9. The molecule has 0 radical (unpaired) electrons. The van der Waals surface area contributed by atoms with Crippen LogP contribution in [-0.2, 0) is 16.8 Å². The zero-order valence-corrected chi connectivity index (χ0v) is 17.4. The molecule has 1 amide bonds. The lowest BCUT2D eigenvalue weighted by Crippen LogP contribution is -2.42. The molecule has 2 heterocycles. The average molecular weight is 459 g/mol. The van der Waals surface area contributed by atoms with Gasteiger partial charge in [0.15, 0.2) is 5.82 Å². The number of hydrogen-bond donors (Lipinski definition) is 1. The number of aromatic nitrogens is 2. The standard InChI is InChI=1S/C21H13Cl2FN4O3/c1-21(8-11-2-4-12(9-25)5-3-11)19(31)27(13-6-14(22)17(24)15(23)7-13)20-26-10-16(18(29)30)28(20)21/h2-7,10H,8H2,1H3,(H,29,30). The highest BCUT2D eigenvalue weighted by atomic mass is 35.5. The summed E-state index contributed by atoms with van der Waals surface area (Å²) in [5.74, 6) is -2.51. The molecule has 0 spiro atoms. The molecule has 0 aliphatic carbocycles. The second kappa shape index (κ2) is 7.38. The number of carbonyl (C=O) groups excluding carboxylic acids is 1. The molecule has 156 valence electrons. The number of imidazole rings is 1. The van der Waals surface area contributed by atoms with Crippen LogP contribution < -0.4 is 4.90 Å². The van der Waals surface area contributed by atoms with Crippen molar-refractivity contribution in [2.75, 3.05) is 4.90 Å². The predicted molar refractivity (Wildman–Crippen MR) is 111 cm³/mol. The van der Waals surface area contributed by atoms with Crippen LogP contribution in [0.1, 0.15) is 28.5 Å². The van der Waals surface area contributed by atoms with Gasteiger partial charge in [0.25, 0.3) is 5.91 Å². The summed E-state index contributed by atoms with van der Waals surface area (Å²) in [6.07, 6.45) is 1.28. The molecule has 0 fully saturated rings. The van der Waals surface area contributed by atoms with Crippen LogP contribution in [-0.4, -0.2) is 26.5 Å². The smallest absolute Gasteiger partial charge is 0.354 e. The van der Waals surface area contributed by atoms with Gasteiger partial charge in [-0.2, -0.15) is 5.26 Å². The quantitative estimate of drug-likeness (QED) is 0.578. The molecule has 10 heteroatoms. The van der Waals surface area contributed by atoms with Gasteiger partial charge in [-0.15, -0.1) is 0 Å². The summed E-state index contributed by atoms with van der Waals surface area (Å²) in [7, 11) is 0. The summed E-state index contributed by atoms with van der Waals surface area (Å²) in [4.78, 5) is 30.7. The Morgan fingerprint density at radius 3 is 2.42 bits per heavy atom. The molecule has 1 aliphatic heterocycles. The summed E-state index contributed by atoms with van der Waals surface area (Å²) in [6, 6.07) is 11.1. The van der Waals surface area contributed by atoms with E-state index < -0.39 is 23.2 Å². The number of amides is 1. The highest BCUT2D eigenvalue weighted by molar-refractivity contribution is 6.35. The van der Waals surface area contributed by atoms with Crippen molar-refractivity contribution in [2.45, 2.75) is 18.9 Å². The number of benzene rings is 2. The number of hydrogen-bond acceptors (Lipinski definition) is 4. The number of carboxylic acids is 1. The van der Waals surface area contributed by atoms with Crippen molar-refractivity contribution >= 4 is 46.7 Å². The monoisotopic (exact) mass is 458 g/mol. The molecular weight excluding hydrogens is 446 g/mol. The van der Waals surface area contributed by atoms with Crippen LogP contribution in [0.2, 0.25) is 10.0 Å². The zero-order valence-electron chi connectivity index (χ0n) is 15.9. The van der Waals surface area contributed by atoms with Gasteiger partial charge in [0, 0.05) is 6.42 Å². The lowest BCUT2D eigenvalue weighted by Gasteiger charge is -2.26. The second-order valence-corrected chi connectivity index (χ2v) is 8.02. The Balaban J connectivity index is 1.87. The average Bonchev–Trinajstić information content (AvgIpc) is 3.25. The molecule has 1 aliphatic rings. The van der Waals surface area contributed by atoms with Crippen LogP contribution in [0.15, 0.2) is 42.6 Å². The largest absolute Gasteiger partial charge is 0.477 e. The van der Waals surface area contributed by atoms with Crippen molar-refractivity contribution in [1.29, 1.82) is 5.26 Å². The Bertz CT molecular complexity index is 1260. The Morgan fingerprint density at radius 2 is 1.87 bits per heavy atom. The number of anilines is 2. The number of halogens is 3. The first-order valence-electron chi connectivity index (χ1n) is 8.97. The van der Waals surface area contributed by atoms with Crippen LogP contribution in [0.3, 0.4) is 0 Å². The van der Waals surface area contributed by atoms with E-state index in [4.69, 9.17) is 28.5 Å². The third-order valence-electron chi connectivity index (χ3n) is 5.18. The summed E-state index contributed by atoms with van der Waals surface area (Å²) >= 11 is 11.8. The van der Waals surface area contributed by atoms with Crippen molar-refractivity contribution in [2.24, 2.45) is 0 Å². The number of fused-ring (bicyclic) bond motifs is 1. The number of carboxylic acid groups (broad SMARTS) is 1. The van der Waals surface area contributed by atoms with E-state index in [1.165, 1.54) is 21.6 Å². The van der Waals surface area contributed by atoms with Crippen molar-refractivity contribution in [3.8, 4) is 6.07 Å². The first-order chi connectivity index (χ1) is 14.7. The fourth-order valence-corrected chi connectivity index (χ4v) is 4.19. The Morgan fingerprint density at radius 1 is 1.26 bits per heavy atom. The number of nitrogens with zero attached hydrogens (tertiary/aromatic N) is 4. The van der Waals surface area contributed by atoms with E-state index in [1.807, 2.05) is 6.07 Å². The van der Waals surface area contributed by atoms with Gasteiger partial charge in [-0.3, -0.25) is 9.36 Å². The molecule has 1 unspecified atom stereocenters. The fourth-order valence-electron chi connectivity index (χ4n) is 3.72. The highest BCUT2D eigenvalue weighted by Crippen LogP contribution is 2.43. The summed E-state index contributed by atoms with van der Waals surface area (Å²) in [6.45, 7) is 1.60. The third-order valence-corrected chi connectivity index (χ3v) is 5.73. The SMILES string of the molecule is CC1(Cc2ccc(C#N)cc2)C(=O)N(c2cc(Cl)c(F)c(Cl)c2)c2ncc(C(=O)O)n21. The lowest BCUT2D eigenvalue weighted by molar-refractivity contribution is -0.123. The van der Waals surface area contributed by atoms with Crippen molar-refractivity contribution in [3.05, 3.63) is 75.3 Å². The number of aromatic carboxylic acids is 1. The van der Waals surface area contributed by atoms with Gasteiger partial charge in [-0.05, 0) is 36.8 Å². The summed E-state index contributed by atoms with van der Waals surface area (Å²) < 4.78 is 15.2. The van der Waals surface area contributed by atoms with Gasteiger partial charge < -0.3 is 5.11 Å². The van der Waals surface area contributed by atoms with E-state index in [-0.39, 0.29) is 33.8 Å². The number of rotatable bonds is 4. The van der Waals surface area contributed by atoms with E-state index >= 15 is 0 Å². The summed E-state index contributed by atoms with van der Waals surface area (Å²) in [5.41, 5.74) is -0.211. The maximum atomic E-state index is 13.9. The van der Waals surface area contributed by atoms with Crippen molar-refractivity contribution < 1.29 is 19.1 Å². The summed E-state index contributed by atoms with van der Waals surface area (Å²) in [5, 5.41) is 18.1. The Hall–Kier alpha value is -3.41. The van der Waals surface area contributed by atoms with Gasteiger partial charge in [0.05, 0.1) is 33.6 Å². The van der Waals surface area contributed by atoms with Crippen LogP contribution in [0.5, 0.6) is 0 Å². The van der Waals surface area contributed by atoms with Gasteiger partial charge in [0.1, 0.15) is 11.2 Å². The molecule has 1 aromatic heterocycles. The van der Waals surface area contributed by atoms with Crippen LogP contribution in [0, 0.1) is 17.1 Å². The second-order valence-electron chi connectivity index (χ2n) is 7.21. The maximum Gasteiger partial charge on any atom is 0.354 e. The van der Waals surface area contributed by atoms with Gasteiger partial charge in [-0.1, -0.05) is 35.3 Å². The zero-order chi connectivity index (χ0) is 22.5. The molecule has 2 aromatic carbocycles. The molecule has 1 atom stereocenters. The molecule has 4 rings (SSSR count). The van der Waals surface area contributed by atoms with Crippen LogP contribution in [0.25, 0.3) is 0 Å². The Kier molecular flexibility index (Phi) is 4.96. The minimum absolute atomic E-state index is 0.0530. The molecule has 3 aromatic rings. The van der Waals surface area contributed by atoms with Crippen molar-refractivity contribution in [1.82, 2.24) is 9.55 Å². The number of nitriles is 1.